The van der Waals surface area contributed by atoms with E-state index < -0.39 is 0 Å². The Morgan fingerprint density at radius 2 is 2.11 bits per heavy atom. The molecule has 1 aliphatic heterocycles. The molecule has 0 atom stereocenters. The average Bonchev–Trinajstić information content (AvgIpc) is 3.35. The molecule has 146 valence electrons. The summed E-state index contributed by atoms with van der Waals surface area (Å²) in [6, 6.07) is 10.1. The van der Waals surface area contributed by atoms with Gasteiger partial charge in [-0.2, -0.15) is 0 Å². The van der Waals surface area contributed by atoms with Gasteiger partial charge in [0, 0.05) is 53.4 Å². The average molecular weight is 430 g/mol. The molecule has 0 spiro atoms. The van der Waals surface area contributed by atoms with Gasteiger partial charge in [0.2, 0.25) is 0 Å². The molecule has 4 rings (SSSR count). The van der Waals surface area contributed by atoms with Gasteiger partial charge in [0.25, 0.3) is 5.91 Å². The summed E-state index contributed by atoms with van der Waals surface area (Å²) in [5.74, 6) is 0.872. The Labute approximate surface area is 178 Å². The lowest BCUT2D eigenvalue weighted by Gasteiger charge is -2.26. The van der Waals surface area contributed by atoms with Gasteiger partial charge in [-0.15, -0.1) is 22.7 Å². The van der Waals surface area contributed by atoms with Crippen LogP contribution in [0.4, 0.5) is 0 Å². The first-order valence-corrected chi connectivity index (χ1v) is 12.1. The minimum absolute atomic E-state index is 0.00276. The summed E-state index contributed by atoms with van der Waals surface area (Å²) in [5.41, 5.74) is 4.44. The number of nitrogens with zero attached hydrogens (tertiary/aromatic N) is 2. The summed E-state index contributed by atoms with van der Waals surface area (Å²) in [6.45, 7) is 5.66. The monoisotopic (exact) mass is 429 g/mol. The number of thiazole rings is 1. The minimum atomic E-state index is 0.00276. The molecule has 1 amide bonds. The zero-order valence-corrected chi connectivity index (χ0v) is 18.3. The van der Waals surface area contributed by atoms with Crippen LogP contribution in [0.25, 0.3) is 0 Å². The minimum Gasteiger partial charge on any atom is -0.351 e. The van der Waals surface area contributed by atoms with Gasteiger partial charge in [-0.25, -0.2) is 4.98 Å². The fourth-order valence-corrected chi connectivity index (χ4v) is 5.92. The van der Waals surface area contributed by atoms with Crippen molar-refractivity contribution in [2.24, 2.45) is 0 Å². The Bertz CT molecular complexity index is 933. The molecular formula is C21H23N3OS3. The summed E-state index contributed by atoms with van der Waals surface area (Å²) < 4.78 is 1.09. The maximum atomic E-state index is 12.4. The van der Waals surface area contributed by atoms with E-state index >= 15 is 0 Å². The van der Waals surface area contributed by atoms with E-state index in [-0.39, 0.29) is 5.91 Å². The molecule has 3 heterocycles. The Kier molecular flexibility index (Phi) is 6.47. The molecule has 3 aromatic rings. The zero-order chi connectivity index (χ0) is 19.3. The molecule has 0 aliphatic carbocycles. The van der Waals surface area contributed by atoms with Crippen LogP contribution in [0.5, 0.6) is 0 Å². The number of carbonyl (C=O) groups is 1. The lowest BCUT2D eigenvalue weighted by atomic mass is 10.1. The summed E-state index contributed by atoms with van der Waals surface area (Å²) in [6.07, 6.45) is 1.13. The first-order valence-electron chi connectivity index (χ1n) is 9.37. The normalized spacial score (nSPS) is 14.0. The Morgan fingerprint density at radius 1 is 1.25 bits per heavy atom. The number of aryl methyl sites for hydroxylation is 1. The molecule has 1 aliphatic rings. The highest BCUT2D eigenvalue weighted by Gasteiger charge is 2.16. The lowest BCUT2D eigenvalue weighted by molar-refractivity contribution is 0.0947. The first-order chi connectivity index (χ1) is 13.7. The van der Waals surface area contributed by atoms with Crippen LogP contribution in [0, 0.1) is 6.92 Å². The van der Waals surface area contributed by atoms with Gasteiger partial charge >= 0.3 is 0 Å². The smallest absolute Gasteiger partial charge is 0.251 e. The second-order valence-electron chi connectivity index (χ2n) is 6.89. The van der Waals surface area contributed by atoms with Crippen LogP contribution in [0.2, 0.25) is 0 Å². The lowest BCUT2D eigenvalue weighted by Crippen LogP contribution is -2.37. The van der Waals surface area contributed by atoms with Gasteiger partial charge in [-0.1, -0.05) is 23.9 Å². The van der Waals surface area contributed by atoms with Crippen molar-refractivity contribution in [2.45, 2.75) is 30.0 Å². The first kappa shape index (κ1) is 19.6. The van der Waals surface area contributed by atoms with Gasteiger partial charge in [0.05, 0.1) is 0 Å². The van der Waals surface area contributed by atoms with E-state index in [9.17, 15) is 4.79 Å². The molecule has 0 saturated carbocycles. The number of carbonyl (C=O) groups excluding carboxylic acids is 1. The van der Waals surface area contributed by atoms with Crippen molar-refractivity contribution in [3.63, 3.8) is 0 Å². The summed E-state index contributed by atoms with van der Waals surface area (Å²) >= 11 is 5.27. The fourth-order valence-electron chi connectivity index (χ4n) is 3.22. The highest BCUT2D eigenvalue weighted by Crippen LogP contribution is 2.26. The van der Waals surface area contributed by atoms with E-state index in [2.05, 4.69) is 32.0 Å². The van der Waals surface area contributed by atoms with Crippen molar-refractivity contribution in [3.05, 3.63) is 68.4 Å². The van der Waals surface area contributed by atoms with Crippen molar-refractivity contribution < 1.29 is 4.79 Å². The molecule has 7 heteroatoms. The molecule has 1 N–H and O–H groups in total. The third-order valence-corrected chi connectivity index (χ3v) is 8.01. The van der Waals surface area contributed by atoms with Gasteiger partial charge in [-0.05, 0) is 48.1 Å². The standard InChI is InChI=1S/C21H23N3OS3/c1-15-13-27-21(23-15)28-14-16-2-4-17(5-3-16)20(25)22-8-10-24-9-6-19-18(12-24)7-11-26-19/h2-5,7,11,13H,6,8-10,12,14H2,1H3,(H,22,25). The van der Waals surface area contributed by atoms with Gasteiger partial charge in [0.1, 0.15) is 4.34 Å². The Balaban J connectivity index is 1.21. The molecule has 0 bridgehead atoms. The number of thiophene rings is 1. The fraction of sp³-hybridized carbons (Fsp3) is 0.333. The summed E-state index contributed by atoms with van der Waals surface area (Å²) in [7, 11) is 0. The predicted molar refractivity (Wildman–Crippen MR) is 118 cm³/mol. The number of thioether (sulfide) groups is 1. The number of amides is 1. The second kappa shape index (κ2) is 9.22. The van der Waals surface area contributed by atoms with E-state index in [1.165, 1.54) is 16.0 Å². The highest BCUT2D eigenvalue weighted by molar-refractivity contribution is 8.00. The molecule has 0 fully saturated rings. The van der Waals surface area contributed by atoms with E-state index in [1.807, 2.05) is 42.5 Å². The summed E-state index contributed by atoms with van der Waals surface area (Å²) in [4.78, 5) is 20.8. The predicted octanol–water partition coefficient (Wildman–Crippen LogP) is 4.59. The number of rotatable bonds is 7. The van der Waals surface area contributed by atoms with Crippen molar-refractivity contribution in [1.29, 1.82) is 0 Å². The topological polar surface area (TPSA) is 45.2 Å². The quantitative estimate of drug-likeness (QED) is 0.558. The molecular weight excluding hydrogens is 406 g/mol. The number of benzene rings is 1. The van der Waals surface area contributed by atoms with Crippen LogP contribution in [0.3, 0.4) is 0 Å². The molecule has 1 aromatic carbocycles. The third-order valence-electron chi connectivity index (χ3n) is 4.78. The number of aromatic nitrogens is 1. The van der Waals surface area contributed by atoms with Crippen molar-refractivity contribution in [3.8, 4) is 0 Å². The van der Waals surface area contributed by atoms with E-state index in [1.54, 1.807) is 23.1 Å². The number of fused-ring (bicyclic) bond motifs is 1. The molecule has 2 aromatic heterocycles. The van der Waals surface area contributed by atoms with Crippen LogP contribution in [0.1, 0.15) is 32.1 Å². The van der Waals surface area contributed by atoms with Gasteiger partial charge < -0.3 is 5.32 Å². The maximum absolute atomic E-state index is 12.4. The van der Waals surface area contributed by atoms with Crippen molar-refractivity contribution in [2.75, 3.05) is 19.6 Å². The molecule has 28 heavy (non-hydrogen) atoms. The number of hydrogen-bond acceptors (Lipinski definition) is 6. The Morgan fingerprint density at radius 3 is 2.89 bits per heavy atom. The van der Waals surface area contributed by atoms with Crippen molar-refractivity contribution in [1.82, 2.24) is 15.2 Å². The number of nitrogens with one attached hydrogen (secondary N) is 1. The molecule has 0 saturated heterocycles. The van der Waals surface area contributed by atoms with Gasteiger partial charge in [0.15, 0.2) is 0 Å². The van der Waals surface area contributed by atoms with Crippen LogP contribution in [-0.4, -0.2) is 35.4 Å². The SMILES string of the molecule is Cc1csc(SCc2ccc(C(=O)NCCN3CCc4sccc4C3)cc2)n1. The maximum Gasteiger partial charge on any atom is 0.251 e. The van der Waals surface area contributed by atoms with Gasteiger partial charge in [-0.3, -0.25) is 9.69 Å². The van der Waals surface area contributed by atoms with E-state index in [0.29, 0.717) is 6.54 Å². The van der Waals surface area contributed by atoms with Crippen molar-refractivity contribution >= 4 is 40.3 Å². The largest absolute Gasteiger partial charge is 0.351 e. The molecule has 0 radical (unpaired) electrons. The van der Waals surface area contributed by atoms with Crippen LogP contribution in [-0.2, 0) is 18.7 Å². The Hall–Kier alpha value is -1.67. The highest BCUT2D eigenvalue weighted by atomic mass is 32.2. The van der Waals surface area contributed by atoms with Crippen LogP contribution >= 0.6 is 34.4 Å². The van der Waals surface area contributed by atoms with Crippen LogP contribution in [0.15, 0.2) is 45.4 Å². The molecule has 0 unspecified atom stereocenters. The molecule has 4 nitrogen and oxygen atoms in total. The van der Waals surface area contributed by atoms with Crippen LogP contribution < -0.4 is 5.32 Å². The zero-order valence-electron chi connectivity index (χ0n) is 15.8. The third kappa shape index (κ3) is 5.03. The summed E-state index contributed by atoms with van der Waals surface area (Å²) in [5, 5.41) is 7.30. The van der Waals surface area contributed by atoms with E-state index in [0.717, 1.165) is 47.4 Å². The van der Waals surface area contributed by atoms with E-state index in [4.69, 9.17) is 0 Å². The number of hydrogen-bond donors (Lipinski definition) is 1. The second-order valence-corrected chi connectivity index (χ2v) is 9.97.